The van der Waals surface area contributed by atoms with Crippen LogP contribution in [0.1, 0.15) is 12.8 Å². The summed E-state index contributed by atoms with van der Waals surface area (Å²) in [6.07, 6.45) is 2.43. The molecule has 2 rings (SSSR count). The lowest BCUT2D eigenvalue weighted by atomic mass is 10.2. The Hall–Kier alpha value is -2.21. The van der Waals surface area contributed by atoms with Crippen molar-refractivity contribution < 1.29 is 14.7 Å². The van der Waals surface area contributed by atoms with Crippen molar-refractivity contribution in [2.75, 3.05) is 13.1 Å². The highest BCUT2D eigenvalue weighted by molar-refractivity contribution is 6.31. The second kappa shape index (κ2) is 7.70. The third-order valence-corrected chi connectivity index (χ3v) is 3.46. The molecule has 2 aromatic rings. The van der Waals surface area contributed by atoms with Gasteiger partial charge in [-0.25, -0.2) is 4.79 Å². The van der Waals surface area contributed by atoms with Gasteiger partial charge in [0.2, 0.25) is 0 Å². The van der Waals surface area contributed by atoms with Crippen molar-refractivity contribution in [1.29, 1.82) is 0 Å². The van der Waals surface area contributed by atoms with Crippen molar-refractivity contribution in [3.63, 3.8) is 0 Å². The molecular formula is C15H18ClN3O3. The standard InChI is InChI=1S/C15H18ClN3O3/c16-12-3-4-13-11(10-12)5-8-19(13)9-7-18-15(22)17-6-1-2-14(20)21/h3-5,8,10H,1-2,6-7,9H2,(H,20,21)(H2,17,18,22). The third kappa shape index (κ3) is 4.66. The topological polar surface area (TPSA) is 83.4 Å². The molecule has 7 heteroatoms. The van der Waals surface area contributed by atoms with Crippen LogP contribution in [0.5, 0.6) is 0 Å². The average molecular weight is 324 g/mol. The van der Waals surface area contributed by atoms with Crippen molar-refractivity contribution >= 4 is 34.5 Å². The summed E-state index contributed by atoms with van der Waals surface area (Å²) in [7, 11) is 0. The molecule has 3 N–H and O–H groups in total. The number of urea groups is 1. The first kappa shape index (κ1) is 16.2. The number of aromatic nitrogens is 1. The van der Waals surface area contributed by atoms with E-state index in [1.54, 1.807) is 0 Å². The predicted octanol–water partition coefficient (Wildman–Crippen LogP) is 2.46. The van der Waals surface area contributed by atoms with E-state index in [2.05, 4.69) is 10.6 Å². The van der Waals surface area contributed by atoms with Crippen LogP contribution in [-0.2, 0) is 11.3 Å². The molecule has 6 nitrogen and oxygen atoms in total. The maximum atomic E-state index is 11.5. The van der Waals surface area contributed by atoms with Crippen LogP contribution in [0.15, 0.2) is 30.5 Å². The molecule has 0 radical (unpaired) electrons. The summed E-state index contributed by atoms with van der Waals surface area (Å²) in [5, 5.41) is 15.6. The number of carboxylic acids is 1. The van der Waals surface area contributed by atoms with Crippen molar-refractivity contribution in [2.24, 2.45) is 0 Å². The lowest BCUT2D eigenvalue weighted by molar-refractivity contribution is -0.137. The fraction of sp³-hybridized carbons (Fsp3) is 0.333. The Labute approximate surface area is 133 Å². The van der Waals surface area contributed by atoms with Gasteiger partial charge in [0.15, 0.2) is 0 Å². The minimum absolute atomic E-state index is 0.0538. The number of nitrogens with one attached hydrogen (secondary N) is 2. The van der Waals surface area contributed by atoms with E-state index in [9.17, 15) is 9.59 Å². The van der Waals surface area contributed by atoms with E-state index in [-0.39, 0.29) is 12.5 Å². The van der Waals surface area contributed by atoms with Crippen LogP contribution in [0.2, 0.25) is 5.02 Å². The number of rotatable bonds is 7. The molecule has 1 aromatic carbocycles. The maximum absolute atomic E-state index is 11.5. The van der Waals surface area contributed by atoms with E-state index >= 15 is 0 Å². The molecular weight excluding hydrogens is 306 g/mol. The molecule has 0 saturated carbocycles. The van der Waals surface area contributed by atoms with Gasteiger partial charge in [-0.1, -0.05) is 11.6 Å². The highest BCUT2D eigenvalue weighted by atomic mass is 35.5. The van der Waals surface area contributed by atoms with Gasteiger partial charge in [-0.05, 0) is 30.7 Å². The van der Waals surface area contributed by atoms with Crippen LogP contribution in [0.4, 0.5) is 4.79 Å². The Bertz CT molecular complexity index is 669. The van der Waals surface area contributed by atoms with Gasteiger partial charge >= 0.3 is 12.0 Å². The Morgan fingerprint density at radius 2 is 1.95 bits per heavy atom. The van der Waals surface area contributed by atoms with Gasteiger partial charge in [-0.15, -0.1) is 0 Å². The maximum Gasteiger partial charge on any atom is 0.314 e. The SMILES string of the molecule is O=C(O)CCCNC(=O)NCCn1ccc2cc(Cl)ccc21. The van der Waals surface area contributed by atoms with E-state index in [1.165, 1.54) is 0 Å². The van der Waals surface area contributed by atoms with Crippen molar-refractivity contribution in [3.05, 3.63) is 35.5 Å². The van der Waals surface area contributed by atoms with Gasteiger partial charge in [-0.2, -0.15) is 0 Å². The Kier molecular flexibility index (Phi) is 5.66. The highest BCUT2D eigenvalue weighted by Crippen LogP contribution is 2.20. The van der Waals surface area contributed by atoms with E-state index in [4.69, 9.17) is 16.7 Å². The van der Waals surface area contributed by atoms with Crippen LogP contribution in [-0.4, -0.2) is 34.8 Å². The molecule has 0 atom stereocenters. The number of carbonyl (C=O) groups excluding carboxylic acids is 1. The Balaban J connectivity index is 1.73. The summed E-state index contributed by atoms with van der Waals surface area (Å²) in [4.78, 5) is 21.9. The fourth-order valence-corrected chi connectivity index (χ4v) is 2.34. The number of fused-ring (bicyclic) bond motifs is 1. The van der Waals surface area contributed by atoms with Crippen LogP contribution in [0.25, 0.3) is 10.9 Å². The molecule has 0 fully saturated rings. The van der Waals surface area contributed by atoms with E-state index in [0.29, 0.717) is 31.1 Å². The summed E-state index contributed by atoms with van der Waals surface area (Å²) in [6.45, 7) is 1.48. The van der Waals surface area contributed by atoms with Crippen molar-refractivity contribution in [1.82, 2.24) is 15.2 Å². The van der Waals surface area contributed by atoms with Crippen LogP contribution >= 0.6 is 11.6 Å². The first-order valence-electron chi connectivity index (χ1n) is 7.04. The molecule has 22 heavy (non-hydrogen) atoms. The molecule has 1 heterocycles. The molecule has 0 spiro atoms. The summed E-state index contributed by atoms with van der Waals surface area (Å²) < 4.78 is 2.04. The zero-order valence-electron chi connectivity index (χ0n) is 12.0. The van der Waals surface area contributed by atoms with E-state index in [1.807, 2.05) is 35.0 Å². The minimum Gasteiger partial charge on any atom is -0.481 e. The summed E-state index contributed by atoms with van der Waals surface area (Å²) >= 11 is 5.94. The number of carbonyl (C=O) groups is 2. The molecule has 1 aromatic heterocycles. The van der Waals surface area contributed by atoms with Gasteiger partial charge in [-0.3, -0.25) is 4.79 Å². The van der Waals surface area contributed by atoms with Crippen molar-refractivity contribution in [2.45, 2.75) is 19.4 Å². The molecule has 0 aliphatic carbocycles. The fourth-order valence-electron chi connectivity index (χ4n) is 2.16. The quantitative estimate of drug-likeness (QED) is 0.684. The van der Waals surface area contributed by atoms with Gasteiger partial charge in [0, 0.05) is 48.2 Å². The lowest BCUT2D eigenvalue weighted by Crippen LogP contribution is -2.37. The van der Waals surface area contributed by atoms with E-state index < -0.39 is 5.97 Å². The zero-order chi connectivity index (χ0) is 15.9. The normalized spacial score (nSPS) is 10.6. The zero-order valence-corrected chi connectivity index (χ0v) is 12.8. The average Bonchev–Trinajstić information content (AvgIpc) is 2.86. The highest BCUT2D eigenvalue weighted by Gasteiger charge is 2.03. The summed E-state index contributed by atoms with van der Waals surface area (Å²) in [6, 6.07) is 7.38. The predicted molar refractivity (Wildman–Crippen MR) is 85.2 cm³/mol. The molecule has 0 saturated heterocycles. The first-order chi connectivity index (χ1) is 10.6. The number of benzene rings is 1. The van der Waals surface area contributed by atoms with Crippen LogP contribution < -0.4 is 10.6 Å². The van der Waals surface area contributed by atoms with Gasteiger partial charge < -0.3 is 20.3 Å². The number of hydrogen-bond acceptors (Lipinski definition) is 2. The largest absolute Gasteiger partial charge is 0.481 e. The number of hydrogen-bond donors (Lipinski definition) is 3. The number of nitrogens with zero attached hydrogens (tertiary/aromatic N) is 1. The van der Waals surface area contributed by atoms with Gasteiger partial charge in [0.1, 0.15) is 0 Å². The number of aliphatic carboxylic acids is 1. The monoisotopic (exact) mass is 323 g/mol. The smallest absolute Gasteiger partial charge is 0.314 e. The van der Waals surface area contributed by atoms with Crippen LogP contribution in [0.3, 0.4) is 0 Å². The second-order valence-corrected chi connectivity index (χ2v) is 5.33. The summed E-state index contributed by atoms with van der Waals surface area (Å²) in [5.74, 6) is -0.859. The molecule has 0 aliphatic rings. The molecule has 118 valence electrons. The van der Waals surface area contributed by atoms with Crippen molar-refractivity contribution in [3.8, 4) is 0 Å². The Morgan fingerprint density at radius 3 is 2.73 bits per heavy atom. The number of halogens is 1. The third-order valence-electron chi connectivity index (χ3n) is 3.22. The van der Waals surface area contributed by atoms with Gasteiger partial charge in [0.25, 0.3) is 0 Å². The molecule has 0 aliphatic heterocycles. The van der Waals surface area contributed by atoms with Gasteiger partial charge in [0.05, 0.1) is 0 Å². The number of carboxylic acid groups (broad SMARTS) is 1. The second-order valence-electron chi connectivity index (χ2n) is 4.89. The number of amides is 2. The molecule has 0 unspecified atom stereocenters. The minimum atomic E-state index is -0.859. The lowest BCUT2D eigenvalue weighted by Gasteiger charge is -2.09. The van der Waals surface area contributed by atoms with Crippen LogP contribution in [0, 0.1) is 0 Å². The molecule has 2 amide bonds. The van der Waals surface area contributed by atoms with E-state index in [0.717, 1.165) is 10.9 Å². The summed E-state index contributed by atoms with van der Waals surface area (Å²) in [5.41, 5.74) is 1.06. The Morgan fingerprint density at radius 1 is 1.18 bits per heavy atom. The molecule has 0 bridgehead atoms. The first-order valence-corrected chi connectivity index (χ1v) is 7.42.